The van der Waals surface area contributed by atoms with E-state index in [4.69, 9.17) is 4.52 Å². The van der Waals surface area contributed by atoms with E-state index in [1.807, 2.05) is 26.0 Å². The Balaban J connectivity index is 1.96. The number of benzene rings is 1. The number of halogens is 2. The molecule has 1 unspecified atom stereocenters. The van der Waals surface area contributed by atoms with Crippen LogP contribution in [-0.4, -0.2) is 11.8 Å². The van der Waals surface area contributed by atoms with Crippen LogP contribution in [0.5, 0.6) is 5.75 Å². The molecule has 1 aromatic carbocycles. The monoisotopic (exact) mass is 282 g/mol. The van der Waals surface area contributed by atoms with Gasteiger partial charge in [-0.15, -0.1) is 0 Å². The van der Waals surface area contributed by atoms with Crippen LogP contribution in [-0.2, 0) is 6.54 Å². The summed E-state index contributed by atoms with van der Waals surface area (Å²) in [5.41, 5.74) is 1.66. The van der Waals surface area contributed by atoms with E-state index < -0.39 is 6.61 Å². The third kappa shape index (κ3) is 4.03. The first kappa shape index (κ1) is 14.5. The SMILES string of the molecule is Cc1cc(CNC(C)c2cccc(OC(F)F)c2)no1. The number of aryl methyl sites for hydroxylation is 1. The molecule has 0 saturated heterocycles. The van der Waals surface area contributed by atoms with Crippen molar-refractivity contribution in [2.75, 3.05) is 0 Å². The van der Waals surface area contributed by atoms with Gasteiger partial charge in [0.1, 0.15) is 11.5 Å². The highest BCUT2D eigenvalue weighted by Crippen LogP contribution is 2.20. The van der Waals surface area contributed by atoms with Gasteiger partial charge in [0.05, 0.1) is 5.69 Å². The largest absolute Gasteiger partial charge is 0.435 e. The quantitative estimate of drug-likeness (QED) is 0.881. The molecular weight excluding hydrogens is 266 g/mol. The van der Waals surface area contributed by atoms with Crippen molar-refractivity contribution in [2.24, 2.45) is 0 Å². The van der Waals surface area contributed by atoms with Gasteiger partial charge >= 0.3 is 6.61 Å². The third-order valence-corrected chi connectivity index (χ3v) is 2.85. The van der Waals surface area contributed by atoms with E-state index in [2.05, 4.69) is 15.2 Å². The lowest BCUT2D eigenvalue weighted by Gasteiger charge is -2.14. The van der Waals surface area contributed by atoms with Gasteiger partial charge in [0, 0.05) is 18.7 Å². The van der Waals surface area contributed by atoms with Crippen molar-refractivity contribution in [3.63, 3.8) is 0 Å². The van der Waals surface area contributed by atoms with Gasteiger partial charge in [0.15, 0.2) is 0 Å². The number of hydrogen-bond acceptors (Lipinski definition) is 4. The zero-order valence-electron chi connectivity index (χ0n) is 11.3. The van der Waals surface area contributed by atoms with Gasteiger partial charge in [-0.2, -0.15) is 8.78 Å². The van der Waals surface area contributed by atoms with Gasteiger partial charge in [-0.25, -0.2) is 0 Å². The second-order valence-corrected chi connectivity index (χ2v) is 4.48. The van der Waals surface area contributed by atoms with Crippen LogP contribution < -0.4 is 10.1 Å². The molecule has 0 fully saturated rings. The Hall–Kier alpha value is -1.95. The van der Waals surface area contributed by atoms with Gasteiger partial charge in [0.25, 0.3) is 0 Å². The summed E-state index contributed by atoms with van der Waals surface area (Å²) in [6.07, 6.45) is 0. The number of alkyl halides is 2. The van der Waals surface area contributed by atoms with E-state index in [1.54, 1.807) is 12.1 Å². The van der Waals surface area contributed by atoms with Crippen molar-refractivity contribution in [3.8, 4) is 5.75 Å². The van der Waals surface area contributed by atoms with Crippen molar-refractivity contribution < 1.29 is 18.0 Å². The van der Waals surface area contributed by atoms with Crippen LogP contribution >= 0.6 is 0 Å². The Morgan fingerprint density at radius 2 is 2.15 bits per heavy atom. The average Bonchev–Trinajstić information content (AvgIpc) is 2.81. The van der Waals surface area contributed by atoms with Gasteiger partial charge in [-0.3, -0.25) is 0 Å². The molecule has 2 rings (SSSR count). The molecule has 0 spiro atoms. The average molecular weight is 282 g/mol. The maximum atomic E-state index is 12.2. The number of hydrogen-bond donors (Lipinski definition) is 1. The number of nitrogens with one attached hydrogen (secondary N) is 1. The Morgan fingerprint density at radius 3 is 2.80 bits per heavy atom. The van der Waals surface area contributed by atoms with Crippen molar-refractivity contribution in [1.82, 2.24) is 10.5 Å². The molecule has 0 aliphatic carbocycles. The Bertz CT molecular complexity index is 558. The van der Waals surface area contributed by atoms with E-state index in [1.165, 1.54) is 6.07 Å². The van der Waals surface area contributed by atoms with Crippen LogP contribution in [0.4, 0.5) is 8.78 Å². The first-order valence-corrected chi connectivity index (χ1v) is 6.25. The Kier molecular flexibility index (Phi) is 4.68. The Labute approximate surface area is 115 Å². The molecule has 1 heterocycles. The lowest BCUT2D eigenvalue weighted by molar-refractivity contribution is -0.0499. The molecule has 4 nitrogen and oxygen atoms in total. The summed E-state index contributed by atoms with van der Waals surface area (Å²) >= 11 is 0. The minimum atomic E-state index is -2.81. The summed E-state index contributed by atoms with van der Waals surface area (Å²) in [4.78, 5) is 0. The van der Waals surface area contributed by atoms with Crippen LogP contribution in [0.3, 0.4) is 0 Å². The summed E-state index contributed by atoms with van der Waals surface area (Å²) in [7, 11) is 0. The molecule has 0 radical (unpaired) electrons. The minimum Gasteiger partial charge on any atom is -0.435 e. The summed E-state index contributed by atoms with van der Waals surface area (Å²) in [6.45, 7) is 1.49. The van der Waals surface area contributed by atoms with Crippen molar-refractivity contribution >= 4 is 0 Å². The predicted octanol–water partition coefficient (Wildman–Crippen LogP) is 3.44. The van der Waals surface area contributed by atoms with Crippen LogP contribution in [0.15, 0.2) is 34.9 Å². The van der Waals surface area contributed by atoms with E-state index in [0.717, 1.165) is 17.0 Å². The topological polar surface area (TPSA) is 47.3 Å². The van der Waals surface area contributed by atoms with E-state index >= 15 is 0 Å². The number of ether oxygens (including phenoxy) is 1. The molecule has 0 bridgehead atoms. The van der Waals surface area contributed by atoms with Gasteiger partial charge in [-0.05, 0) is 31.5 Å². The standard InChI is InChI=1S/C14H16F2N2O2/c1-9-6-12(18-20-9)8-17-10(2)11-4-3-5-13(7-11)19-14(15)16/h3-7,10,14,17H,8H2,1-2H3. The molecule has 0 aliphatic heterocycles. The second kappa shape index (κ2) is 6.47. The van der Waals surface area contributed by atoms with E-state index in [-0.39, 0.29) is 11.8 Å². The molecule has 1 atom stereocenters. The molecule has 2 aromatic rings. The molecule has 1 aromatic heterocycles. The number of rotatable bonds is 6. The zero-order valence-corrected chi connectivity index (χ0v) is 11.3. The van der Waals surface area contributed by atoms with E-state index in [9.17, 15) is 8.78 Å². The molecule has 1 N–H and O–H groups in total. The summed E-state index contributed by atoms with van der Waals surface area (Å²) in [5, 5.41) is 7.12. The third-order valence-electron chi connectivity index (χ3n) is 2.85. The second-order valence-electron chi connectivity index (χ2n) is 4.48. The fraction of sp³-hybridized carbons (Fsp3) is 0.357. The highest BCUT2D eigenvalue weighted by Gasteiger charge is 2.09. The van der Waals surface area contributed by atoms with Crippen LogP contribution in [0.1, 0.15) is 30.0 Å². The Morgan fingerprint density at radius 1 is 1.35 bits per heavy atom. The van der Waals surface area contributed by atoms with Crippen LogP contribution in [0.25, 0.3) is 0 Å². The summed E-state index contributed by atoms with van der Waals surface area (Å²) < 4.78 is 33.7. The summed E-state index contributed by atoms with van der Waals surface area (Å²) in [5.74, 6) is 0.908. The zero-order chi connectivity index (χ0) is 14.5. The molecule has 0 saturated carbocycles. The first-order chi connectivity index (χ1) is 9.54. The normalized spacial score (nSPS) is 12.7. The molecule has 0 aliphatic rings. The van der Waals surface area contributed by atoms with Crippen LogP contribution in [0.2, 0.25) is 0 Å². The highest BCUT2D eigenvalue weighted by atomic mass is 19.3. The van der Waals surface area contributed by atoms with Gasteiger partial charge in [-0.1, -0.05) is 17.3 Å². The molecule has 0 amide bonds. The van der Waals surface area contributed by atoms with Crippen molar-refractivity contribution in [1.29, 1.82) is 0 Å². The lowest BCUT2D eigenvalue weighted by Crippen LogP contribution is -2.18. The maximum Gasteiger partial charge on any atom is 0.387 e. The van der Waals surface area contributed by atoms with Crippen LogP contribution in [0, 0.1) is 6.92 Å². The minimum absolute atomic E-state index is 0.0202. The van der Waals surface area contributed by atoms with Gasteiger partial charge < -0.3 is 14.6 Å². The predicted molar refractivity (Wildman–Crippen MR) is 69.6 cm³/mol. The fourth-order valence-corrected chi connectivity index (χ4v) is 1.84. The number of nitrogens with zero attached hydrogens (tertiary/aromatic N) is 1. The number of aromatic nitrogens is 1. The first-order valence-electron chi connectivity index (χ1n) is 6.25. The van der Waals surface area contributed by atoms with Crippen molar-refractivity contribution in [2.45, 2.75) is 33.0 Å². The lowest BCUT2D eigenvalue weighted by atomic mass is 10.1. The molecule has 6 heteroatoms. The van der Waals surface area contributed by atoms with Gasteiger partial charge in [0.2, 0.25) is 0 Å². The van der Waals surface area contributed by atoms with Crippen molar-refractivity contribution in [3.05, 3.63) is 47.3 Å². The highest BCUT2D eigenvalue weighted by molar-refractivity contribution is 5.30. The molecule has 108 valence electrons. The fourth-order valence-electron chi connectivity index (χ4n) is 1.84. The molecular formula is C14H16F2N2O2. The maximum absolute atomic E-state index is 12.2. The smallest absolute Gasteiger partial charge is 0.387 e. The molecule has 20 heavy (non-hydrogen) atoms. The van der Waals surface area contributed by atoms with E-state index in [0.29, 0.717) is 6.54 Å². The summed E-state index contributed by atoms with van der Waals surface area (Å²) in [6, 6.07) is 8.46.